The third-order valence-corrected chi connectivity index (χ3v) is 4.19. The van der Waals surface area contributed by atoms with Crippen LogP contribution >= 0.6 is 15.9 Å². The van der Waals surface area contributed by atoms with E-state index in [0.717, 1.165) is 27.1 Å². The van der Waals surface area contributed by atoms with Gasteiger partial charge in [0.05, 0.1) is 5.69 Å². The fourth-order valence-corrected chi connectivity index (χ4v) is 2.89. The predicted molar refractivity (Wildman–Crippen MR) is 102 cm³/mol. The summed E-state index contributed by atoms with van der Waals surface area (Å²) in [7, 11) is 0. The van der Waals surface area contributed by atoms with Crippen molar-refractivity contribution < 1.29 is 0 Å². The molecule has 0 amide bonds. The summed E-state index contributed by atoms with van der Waals surface area (Å²) in [5.41, 5.74) is 3.80. The number of pyridine rings is 1. The Balaban J connectivity index is 1.69. The number of hydrogen-bond acceptors (Lipinski definition) is 4. The van der Waals surface area contributed by atoms with E-state index in [9.17, 15) is 0 Å². The van der Waals surface area contributed by atoms with Crippen LogP contribution in [0, 0.1) is 0 Å². The van der Waals surface area contributed by atoms with Gasteiger partial charge in [0.15, 0.2) is 5.82 Å². The molecule has 6 heteroatoms. The van der Waals surface area contributed by atoms with Crippen LogP contribution in [0.3, 0.4) is 0 Å². The van der Waals surface area contributed by atoms with E-state index in [-0.39, 0.29) is 0 Å². The molecule has 0 bridgehead atoms. The minimum absolute atomic E-state index is 0.664. The van der Waals surface area contributed by atoms with Gasteiger partial charge in [-0.15, -0.1) is 5.10 Å². The fourth-order valence-electron chi connectivity index (χ4n) is 2.51. The number of anilines is 2. The number of rotatable bonds is 4. The van der Waals surface area contributed by atoms with Crippen molar-refractivity contribution in [2.45, 2.75) is 0 Å². The Morgan fingerprint density at radius 3 is 2.60 bits per heavy atom. The molecular formula is C19H14BrN5. The molecule has 2 aromatic heterocycles. The zero-order valence-corrected chi connectivity index (χ0v) is 14.8. The highest BCUT2D eigenvalue weighted by molar-refractivity contribution is 9.10. The maximum Gasteiger partial charge on any atom is 0.183 e. The Bertz CT molecular complexity index is 997. The van der Waals surface area contributed by atoms with Crippen molar-refractivity contribution in [2.24, 2.45) is 0 Å². The minimum Gasteiger partial charge on any atom is -0.355 e. The van der Waals surface area contributed by atoms with Crippen LogP contribution in [0.4, 0.5) is 11.4 Å². The smallest absolute Gasteiger partial charge is 0.183 e. The molecule has 0 aliphatic rings. The topological polar surface area (TPSA) is 55.6 Å². The van der Waals surface area contributed by atoms with E-state index in [1.807, 2.05) is 60.7 Å². The molecule has 0 radical (unpaired) electrons. The lowest BCUT2D eigenvalue weighted by molar-refractivity contribution is 0.881. The van der Waals surface area contributed by atoms with Gasteiger partial charge in [-0.25, -0.2) is 9.67 Å². The van der Waals surface area contributed by atoms with Crippen LogP contribution in [0.15, 0.2) is 83.9 Å². The van der Waals surface area contributed by atoms with Crippen molar-refractivity contribution in [3.05, 3.63) is 83.9 Å². The normalized spacial score (nSPS) is 10.6. The van der Waals surface area contributed by atoms with Gasteiger partial charge >= 0.3 is 0 Å². The summed E-state index contributed by atoms with van der Waals surface area (Å²) >= 11 is 3.48. The highest BCUT2D eigenvalue weighted by Gasteiger charge is 2.10. The molecule has 0 saturated carbocycles. The van der Waals surface area contributed by atoms with Gasteiger partial charge in [-0.3, -0.25) is 4.98 Å². The molecule has 0 aliphatic heterocycles. The van der Waals surface area contributed by atoms with Crippen LogP contribution in [-0.2, 0) is 0 Å². The number of halogens is 1. The molecule has 1 N–H and O–H groups in total. The molecule has 0 spiro atoms. The van der Waals surface area contributed by atoms with Gasteiger partial charge in [0.1, 0.15) is 6.33 Å². The Morgan fingerprint density at radius 2 is 1.76 bits per heavy atom. The van der Waals surface area contributed by atoms with Crippen molar-refractivity contribution in [1.29, 1.82) is 0 Å². The molecule has 122 valence electrons. The van der Waals surface area contributed by atoms with E-state index in [2.05, 4.69) is 36.3 Å². The van der Waals surface area contributed by atoms with Gasteiger partial charge in [-0.2, -0.15) is 0 Å². The van der Waals surface area contributed by atoms with Crippen molar-refractivity contribution in [1.82, 2.24) is 19.7 Å². The van der Waals surface area contributed by atoms with Crippen molar-refractivity contribution in [3.63, 3.8) is 0 Å². The average Bonchev–Trinajstić information content (AvgIpc) is 3.13. The monoisotopic (exact) mass is 391 g/mol. The maximum absolute atomic E-state index is 4.63. The number of para-hydroxylation sites is 1. The summed E-state index contributed by atoms with van der Waals surface area (Å²) in [6, 6.07) is 19.8. The molecule has 0 atom stereocenters. The Labute approximate surface area is 153 Å². The molecule has 5 nitrogen and oxygen atoms in total. The van der Waals surface area contributed by atoms with Gasteiger partial charge in [-0.05, 0) is 42.5 Å². The Hall–Kier alpha value is -2.99. The second kappa shape index (κ2) is 6.86. The van der Waals surface area contributed by atoms with E-state index < -0.39 is 0 Å². The third-order valence-electron chi connectivity index (χ3n) is 3.69. The largest absolute Gasteiger partial charge is 0.355 e. The van der Waals surface area contributed by atoms with Gasteiger partial charge in [0, 0.05) is 33.8 Å². The van der Waals surface area contributed by atoms with Crippen LogP contribution < -0.4 is 5.32 Å². The van der Waals surface area contributed by atoms with Crippen LogP contribution in [0.5, 0.6) is 0 Å². The highest BCUT2D eigenvalue weighted by Crippen LogP contribution is 2.28. The summed E-state index contributed by atoms with van der Waals surface area (Å²) in [4.78, 5) is 8.52. The maximum atomic E-state index is 4.63. The lowest BCUT2D eigenvalue weighted by atomic mass is 10.1. The predicted octanol–water partition coefficient (Wildman–Crippen LogP) is 4.84. The zero-order chi connectivity index (χ0) is 17.1. The molecule has 2 aromatic carbocycles. The number of nitrogens with one attached hydrogen (secondary N) is 1. The molecule has 4 rings (SSSR count). The fraction of sp³-hybridized carbons (Fsp3) is 0. The standard InChI is InChI=1S/C19H14BrN5/c20-14-4-3-5-16(12-14)25-13-22-19(24-25)17-6-1-2-7-18(17)23-15-8-10-21-11-9-15/h1-13H,(H,21,23). The number of benzene rings is 2. The van der Waals surface area contributed by atoms with Crippen LogP contribution in [-0.4, -0.2) is 19.7 Å². The Morgan fingerprint density at radius 1 is 0.920 bits per heavy atom. The summed E-state index contributed by atoms with van der Waals surface area (Å²) in [5, 5.41) is 8.02. The molecule has 2 heterocycles. The first-order chi connectivity index (χ1) is 12.3. The molecule has 25 heavy (non-hydrogen) atoms. The molecule has 0 saturated heterocycles. The van der Waals surface area contributed by atoms with E-state index in [0.29, 0.717) is 5.82 Å². The molecule has 0 aliphatic carbocycles. The third kappa shape index (κ3) is 3.44. The van der Waals surface area contributed by atoms with Gasteiger partial charge in [-0.1, -0.05) is 34.1 Å². The van der Waals surface area contributed by atoms with Crippen LogP contribution in [0.2, 0.25) is 0 Å². The SMILES string of the molecule is Brc1cccc(-n2cnc(-c3ccccc3Nc3ccncc3)n2)c1. The first kappa shape index (κ1) is 15.5. The minimum atomic E-state index is 0.664. The first-order valence-electron chi connectivity index (χ1n) is 7.74. The zero-order valence-electron chi connectivity index (χ0n) is 13.2. The molecule has 0 unspecified atom stereocenters. The Kier molecular flexibility index (Phi) is 4.26. The number of aromatic nitrogens is 4. The van der Waals surface area contributed by atoms with E-state index in [4.69, 9.17) is 0 Å². The molecule has 0 fully saturated rings. The van der Waals surface area contributed by atoms with E-state index in [1.165, 1.54) is 0 Å². The van der Waals surface area contributed by atoms with E-state index in [1.54, 1.807) is 23.4 Å². The highest BCUT2D eigenvalue weighted by atomic mass is 79.9. The first-order valence-corrected chi connectivity index (χ1v) is 8.53. The summed E-state index contributed by atoms with van der Waals surface area (Å²) in [6.45, 7) is 0. The van der Waals surface area contributed by atoms with Crippen molar-refractivity contribution in [3.8, 4) is 17.1 Å². The molecular weight excluding hydrogens is 378 g/mol. The van der Waals surface area contributed by atoms with Crippen molar-refractivity contribution in [2.75, 3.05) is 5.32 Å². The van der Waals surface area contributed by atoms with Crippen LogP contribution in [0.1, 0.15) is 0 Å². The average molecular weight is 392 g/mol. The van der Waals surface area contributed by atoms with Gasteiger partial charge < -0.3 is 5.32 Å². The van der Waals surface area contributed by atoms with E-state index >= 15 is 0 Å². The summed E-state index contributed by atoms with van der Waals surface area (Å²) in [6.07, 6.45) is 5.23. The molecule has 4 aromatic rings. The van der Waals surface area contributed by atoms with Crippen LogP contribution in [0.25, 0.3) is 17.1 Å². The van der Waals surface area contributed by atoms with Gasteiger partial charge in [0.2, 0.25) is 0 Å². The van der Waals surface area contributed by atoms with Gasteiger partial charge in [0.25, 0.3) is 0 Å². The lowest BCUT2D eigenvalue weighted by Crippen LogP contribution is -1.96. The van der Waals surface area contributed by atoms with Crippen molar-refractivity contribution >= 4 is 27.3 Å². The quantitative estimate of drug-likeness (QED) is 0.540. The lowest BCUT2D eigenvalue weighted by Gasteiger charge is -2.09. The second-order valence-corrected chi connectivity index (χ2v) is 6.31. The number of hydrogen-bond donors (Lipinski definition) is 1. The summed E-state index contributed by atoms with van der Waals surface area (Å²) in [5.74, 6) is 0.664. The number of nitrogens with zero attached hydrogens (tertiary/aromatic N) is 4. The second-order valence-electron chi connectivity index (χ2n) is 5.40. The summed E-state index contributed by atoms with van der Waals surface area (Å²) < 4.78 is 2.77.